The molecule has 100 valence electrons. The highest BCUT2D eigenvalue weighted by Crippen LogP contribution is 2.27. The van der Waals surface area contributed by atoms with Gasteiger partial charge in [-0.15, -0.1) is 4.89 Å². The van der Waals surface area contributed by atoms with Gasteiger partial charge >= 0.3 is 0 Å². The summed E-state index contributed by atoms with van der Waals surface area (Å²) in [5, 5.41) is 11.3. The van der Waals surface area contributed by atoms with Crippen molar-refractivity contribution < 1.29 is 19.4 Å². The Morgan fingerprint density at radius 3 is 2.68 bits per heavy atom. The number of alkyl halides is 1. The Bertz CT molecular complexity index is 528. The molecule has 0 fully saturated rings. The average Bonchev–Trinajstić information content (AvgIpc) is 2.46. The quantitative estimate of drug-likeness (QED) is 0.287. The minimum Gasteiger partial charge on any atom is -0.409 e. The minimum absolute atomic E-state index is 0.0812. The summed E-state index contributed by atoms with van der Waals surface area (Å²) >= 11 is 0. The molecule has 0 spiro atoms. The SMILES string of the molecule is N/C(=N\O)C1=CCC(F)(OOc2ccccc2)C=C1. The second-order valence-corrected chi connectivity index (χ2v) is 3.95. The highest BCUT2D eigenvalue weighted by atomic mass is 19.2. The third-order valence-corrected chi connectivity index (χ3v) is 2.54. The molecule has 3 N–H and O–H groups in total. The summed E-state index contributed by atoms with van der Waals surface area (Å²) in [6.45, 7) is 0. The fourth-order valence-electron chi connectivity index (χ4n) is 1.50. The first-order valence-electron chi connectivity index (χ1n) is 5.60. The molecular formula is C13H13FN2O3. The van der Waals surface area contributed by atoms with Gasteiger partial charge in [0.2, 0.25) is 0 Å². The molecule has 1 aliphatic carbocycles. The molecule has 1 aromatic rings. The summed E-state index contributed by atoms with van der Waals surface area (Å²) in [6, 6.07) is 8.60. The van der Waals surface area contributed by atoms with Crippen molar-refractivity contribution in [2.75, 3.05) is 0 Å². The third kappa shape index (κ3) is 3.32. The fourth-order valence-corrected chi connectivity index (χ4v) is 1.50. The number of nitrogens with zero attached hydrogens (tertiary/aromatic N) is 1. The van der Waals surface area contributed by atoms with Crippen molar-refractivity contribution in [2.45, 2.75) is 12.3 Å². The van der Waals surface area contributed by atoms with Crippen LogP contribution >= 0.6 is 0 Å². The molecule has 2 rings (SSSR count). The maximum absolute atomic E-state index is 14.2. The molecule has 0 heterocycles. The van der Waals surface area contributed by atoms with E-state index in [1.807, 2.05) is 6.07 Å². The average molecular weight is 264 g/mol. The van der Waals surface area contributed by atoms with E-state index >= 15 is 0 Å². The highest BCUT2D eigenvalue weighted by Gasteiger charge is 2.31. The summed E-state index contributed by atoms with van der Waals surface area (Å²) in [5.74, 6) is -1.75. The van der Waals surface area contributed by atoms with Gasteiger partial charge in [-0.05, 0) is 24.3 Å². The number of hydrogen-bond donors (Lipinski definition) is 2. The predicted molar refractivity (Wildman–Crippen MR) is 67.2 cm³/mol. The molecule has 1 unspecified atom stereocenters. The Kier molecular flexibility index (Phi) is 3.82. The van der Waals surface area contributed by atoms with E-state index in [1.165, 1.54) is 12.2 Å². The van der Waals surface area contributed by atoms with E-state index in [0.717, 1.165) is 6.08 Å². The lowest BCUT2D eigenvalue weighted by molar-refractivity contribution is -0.317. The molecule has 0 aromatic heterocycles. The summed E-state index contributed by atoms with van der Waals surface area (Å²) in [4.78, 5) is 9.68. The number of rotatable bonds is 4. The lowest BCUT2D eigenvalue weighted by atomic mass is 10.0. The van der Waals surface area contributed by atoms with Crippen molar-refractivity contribution in [1.29, 1.82) is 0 Å². The number of hydrogen-bond acceptors (Lipinski definition) is 4. The standard InChI is InChI=1S/C13H13FN2O3/c14-13(19-18-11-4-2-1-3-5-11)8-6-10(7-9-13)12(15)16-17/h1-8,17H,9H2,(H2,15,16). The second-order valence-electron chi connectivity index (χ2n) is 3.95. The molecule has 0 amide bonds. The summed E-state index contributed by atoms with van der Waals surface area (Å²) in [7, 11) is 0. The molecule has 1 aliphatic rings. The van der Waals surface area contributed by atoms with Crippen LogP contribution in [-0.2, 0) is 4.89 Å². The van der Waals surface area contributed by atoms with E-state index in [-0.39, 0.29) is 12.3 Å². The van der Waals surface area contributed by atoms with Crippen molar-refractivity contribution in [3.63, 3.8) is 0 Å². The van der Waals surface area contributed by atoms with Gasteiger partial charge in [0.05, 0.1) is 0 Å². The molecule has 19 heavy (non-hydrogen) atoms. The van der Waals surface area contributed by atoms with Gasteiger partial charge in [-0.1, -0.05) is 29.4 Å². The van der Waals surface area contributed by atoms with Crippen molar-refractivity contribution in [3.8, 4) is 5.75 Å². The van der Waals surface area contributed by atoms with Gasteiger partial charge in [0.25, 0.3) is 5.85 Å². The first-order valence-corrected chi connectivity index (χ1v) is 5.60. The van der Waals surface area contributed by atoms with Crippen molar-refractivity contribution in [3.05, 3.63) is 54.1 Å². The van der Waals surface area contributed by atoms with Crippen LogP contribution in [0.4, 0.5) is 4.39 Å². The molecule has 6 heteroatoms. The highest BCUT2D eigenvalue weighted by molar-refractivity contribution is 5.99. The smallest absolute Gasteiger partial charge is 0.274 e. The zero-order valence-corrected chi connectivity index (χ0v) is 9.99. The van der Waals surface area contributed by atoms with Gasteiger partial charge in [0, 0.05) is 12.0 Å². The maximum Gasteiger partial charge on any atom is 0.274 e. The first-order chi connectivity index (χ1) is 9.13. The van der Waals surface area contributed by atoms with E-state index in [9.17, 15) is 4.39 Å². The second kappa shape index (κ2) is 5.53. The van der Waals surface area contributed by atoms with Crippen molar-refractivity contribution in [1.82, 2.24) is 0 Å². The number of halogens is 1. The van der Waals surface area contributed by atoms with Gasteiger partial charge in [-0.3, -0.25) is 0 Å². The van der Waals surface area contributed by atoms with Crippen molar-refractivity contribution in [2.24, 2.45) is 10.9 Å². The van der Waals surface area contributed by atoms with Crippen LogP contribution in [0.1, 0.15) is 6.42 Å². The maximum atomic E-state index is 14.2. The van der Waals surface area contributed by atoms with E-state index in [2.05, 4.69) is 5.16 Å². The van der Waals surface area contributed by atoms with Gasteiger partial charge in [-0.25, -0.2) is 4.39 Å². The molecule has 0 radical (unpaired) electrons. The molecule has 1 aromatic carbocycles. The van der Waals surface area contributed by atoms with E-state index in [4.69, 9.17) is 20.7 Å². The van der Waals surface area contributed by atoms with Crippen LogP contribution in [0.3, 0.4) is 0 Å². The topological polar surface area (TPSA) is 77.1 Å². The minimum atomic E-state index is -2.07. The number of benzene rings is 1. The largest absolute Gasteiger partial charge is 0.409 e. The Morgan fingerprint density at radius 1 is 1.37 bits per heavy atom. The fraction of sp³-hybridized carbons (Fsp3) is 0.154. The van der Waals surface area contributed by atoms with Gasteiger partial charge in [-0.2, -0.15) is 0 Å². The molecule has 0 aliphatic heterocycles. The number of para-hydroxylation sites is 1. The zero-order chi connectivity index (χ0) is 13.7. The Labute approximate surface area is 109 Å². The number of nitrogens with two attached hydrogens (primary N) is 1. The van der Waals surface area contributed by atoms with Crippen LogP contribution in [0, 0.1) is 0 Å². The normalized spacial score (nSPS) is 23.0. The van der Waals surface area contributed by atoms with Gasteiger partial charge in [0.15, 0.2) is 11.6 Å². The Hall–Kier alpha value is -2.34. The van der Waals surface area contributed by atoms with Gasteiger partial charge < -0.3 is 15.8 Å². The third-order valence-electron chi connectivity index (χ3n) is 2.54. The first kappa shape index (κ1) is 13.1. The van der Waals surface area contributed by atoms with Crippen LogP contribution in [-0.4, -0.2) is 16.9 Å². The Balaban J connectivity index is 1.96. The van der Waals surface area contributed by atoms with E-state index < -0.39 is 5.85 Å². The lowest BCUT2D eigenvalue weighted by Crippen LogP contribution is -2.28. The van der Waals surface area contributed by atoms with Gasteiger partial charge in [0.1, 0.15) is 0 Å². The van der Waals surface area contributed by atoms with Crippen LogP contribution < -0.4 is 10.6 Å². The molecular weight excluding hydrogens is 251 g/mol. The van der Waals surface area contributed by atoms with Crippen LogP contribution in [0.25, 0.3) is 0 Å². The number of oxime groups is 1. The van der Waals surface area contributed by atoms with E-state index in [0.29, 0.717) is 11.3 Å². The molecule has 0 bridgehead atoms. The summed E-state index contributed by atoms with van der Waals surface area (Å²) in [5.41, 5.74) is 5.82. The zero-order valence-electron chi connectivity index (χ0n) is 9.99. The lowest BCUT2D eigenvalue weighted by Gasteiger charge is -2.22. The summed E-state index contributed by atoms with van der Waals surface area (Å²) < 4.78 is 14.2. The molecule has 1 atom stereocenters. The van der Waals surface area contributed by atoms with E-state index in [1.54, 1.807) is 24.3 Å². The van der Waals surface area contributed by atoms with Crippen LogP contribution in [0.2, 0.25) is 0 Å². The van der Waals surface area contributed by atoms with Crippen LogP contribution in [0.15, 0.2) is 59.3 Å². The summed E-state index contributed by atoms with van der Waals surface area (Å²) in [6.07, 6.45) is 3.89. The molecule has 5 nitrogen and oxygen atoms in total. The monoisotopic (exact) mass is 264 g/mol. The Morgan fingerprint density at radius 2 is 2.11 bits per heavy atom. The van der Waals surface area contributed by atoms with Crippen LogP contribution in [0.5, 0.6) is 5.75 Å². The molecule has 0 saturated carbocycles. The van der Waals surface area contributed by atoms with Crippen molar-refractivity contribution >= 4 is 5.84 Å². The number of amidine groups is 1. The molecule has 0 saturated heterocycles. The predicted octanol–water partition coefficient (Wildman–Crippen LogP) is 2.30.